The second-order valence-electron chi connectivity index (χ2n) is 5.99. The van der Waals surface area contributed by atoms with Gasteiger partial charge in [0.15, 0.2) is 0 Å². The Labute approximate surface area is 119 Å². The molecule has 1 saturated carbocycles. The van der Waals surface area contributed by atoms with E-state index in [1.807, 2.05) is 6.20 Å². The number of rotatable bonds is 3. The molecule has 0 unspecified atom stereocenters. The molecule has 3 rings (SSSR count). The molecule has 1 atom stereocenters. The van der Waals surface area contributed by atoms with E-state index >= 15 is 0 Å². The van der Waals surface area contributed by atoms with Crippen molar-refractivity contribution in [1.29, 1.82) is 0 Å². The zero-order valence-corrected chi connectivity index (χ0v) is 12.1. The van der Waals surface area contributed by atoms with Crippen LogP contribution in [-0.4, -0.2) is 40.7 Å². The fraction of sp³-hybridized carbons (Fsp3) is 0.733. The molecule has 110 valence electrons. The summed E-state index contributed by atoms with van der Waals surface area (Å²) in [5, 5.41) is 0. The van der Waals surface area contributed by atoms with E-state index in [4.69, 9.17) is 4.74 Å². The molecule has 2 heterocycles. The first kappa shape index (κ1) is 13.5. The fourth-order valence-corrected chi connectivity index (χ4v) is 3.27. The molecule has 1 aromatic rings. The molecule has 5 heteroatoms. The maximum Gasteiger partial charge on any atom is 0.409 e. The number of likely N-dealkylation sites (tertiary alicyclic amines) is 1. The molecule has 0 aromatic carbocycles. The molecule has 20 heavy (non-hydrogen) atoms. The molecule has 0 bridgehead atoms. The fourth-order valence-electron chi connectivity index (χ4n) is 3.27. The first-order chi connectivity index (χ1) is 9.78. The Balaban J connectivity index is 1.68. The minimum absolute atomic E-state index is 0.216. The average Bonchev–Trinajstić information content (AvgIpc) is 2.90. The number of imidazole rings is 1. The van der Waals surface area contributed by atoms with E-state index in [-0.39, 0.29) is 6.09 Å². The number of nitrogens with zero attached hydrogens (tertiary/aromatic N) is 3. The average molecular weight is 277 g/mol. The lowest BCUT2D eigenvalue weighted by atomic mass is 9.85. The second-order valence-corrected chi connectivity index (χ2v) is 5.99. The molecular weight excluding hydrogens is 254 g/mol. The molecule has 1 aliphatic carbocycles. The smallest absolute Gasteiger partial charge is 0.409 e. The van der Waals surface area contributed by atoms with Crippen LogP contribution in [0.5, 0.6) is 0 Å². The highest BCUT2D eigenvalue weighted by Gasteiger charge is 2.28. The van der Waals surface area contributed by atoms with Gasteiger partial charge in [-0.3, -0.25) is 0 Å². The van der Waals surface area contributed by atoms with Crippen LogP contribution < -0.4 is 0 Å². The summed E-state index contributed by atoms with van der Waals surface area (Å²) in [6, 6.07) is 0. The zero-order valence-electron chi connectivity index (χ0n) is 12.1. The van der Waals surface area contributed by atoms with Crippen molar-refractivity contribution in [2.24, 2.45) is 5.92 Å². The van der Waals surface area contributed by atoms with Gasteiger partial charge in [-0.1, -0.05) is 6.42 Å². The van der Waals surface area contributed by atoms with Gasteiger partial charge in [-0.15, -0.1) is 0 Å². The van der Waals surface area contributed by atoms with Crippen LogP contribution in [0.3, 0.4) is 0 Å². The SMILES string of the molecule is COC(=O)N1CCC[C@@H](c2nccn2CC2CCC2)C1. The first-order valence-electron chi connectivity index (χ1n) is 7.62. The predicted octanol–water partition coefficient (Wildman–Crippen LogP) is 2.63. The molecule has 1 saturated heterocycles. The van der Waals surface area contributed by atoms with Gasteiger partial charge in [0.25, 0.3) is 0 Å². The van der Waals surface area contributed by atoms with Crippen LogP contribution in [0, 0.1) is 5.92 Å². The van der Waals surface area contributed by atoms with Gasteiger partial charge in [0.2, 0.25) is 0 Å². The molecule has 1 aromatic heterocycles. The largest absolute Gasteiger partial charge is 0.453 e. The summed E-state index contributed by atoms with van der Waals surface area (Å²) in [5.41, 5.74) is 0. The molecule has 2 aliphatic rings. The van der Waals surface area contributed by atoms with E-state index in [0.717, 1.165) is 44.2 Å². The van der Waals surface area contributed by atoms with Crippen LogP contribution in [0.2, 0.25) is 0 Å². The van der Waals surface area contributed by atoms with Gasteiger partial charge in [0.1, 0.15) is 5.82 Å². The summed E-state index contributed by atoms with van der Waals surface area (Å²) in [6.07, 6.45) is 9.95. The van der Waals surface area contributed by atoms with Crippen molar-refractivity contribution in [2.75, 3.05) is 20.2 Å². The summed E-state index contributed by atoms with van der Waals surface area (Å²) >= 11 is 0. The predicted molar refractivity (Wildman–Crippen MR) is 75.5 cm³/mol. The summed E-state index contributed by atoms with van der Waals surface area (Å²) in [5.74, 6) is 2.31. The van der Waals surface area contributed by atoms with Crippen molar-refractivity contribution in [3.05, 3.63) is 18.2 Å². The van der Waals surface area contributed by atoms with E-state index in [1.54, 1.807) is 4.90 Å². The maximum absolute atomic E-state index is 11.7. The number of aromatic nitrogens is 2. The number of ether oxygens (including phenoxy) is 1. The van der Waals surface area contributed by atoms with Crippen molar-refractivity contribution >= 4 is 6.09 Å². The van der Waals surface area contributed by atoms with Crippen LogP contribution in [0.1, 0.15) is 43.8 Å². The van der Waals surface area contributed by atoms with Gasteiger partial charge < -0.3 is 14.2 Å². The lowest BCUT2D eigenvalue weighted by Gasteiger charge is -2.32. The Morgan fingerprint density at radius 1 is 1.40 bits per heavy atom. The molecule has 5 nitrogen and oxygen atoms in total. The summed E-state index contributed by atoms with van der Waals surface area (Å²) in [7, 11) is 1.45. The van der Waals surface area contributed by atoms with Crippen LogP contribution in [0.15, 0.2) is 12.4 Å². The molecule has 2 fully saturated rings. The third-order valence-electron chi connectivity index (χ3n) is 4.65. The van der Waals surface area contributed by atoms with E-state index < -0.39 is 0 Å². The third-order valence-corrected chi connectivity index (χ3v) is 4.65. The lowest BCUT2D eigenvalue weighted by Crippen LogP contribution is -2.39. The van der Waals surface area contributed by atoms with Crippen molar-refractivity contribution in [3.63, 3.8) is 0 Å². The van der Waals surface area contributed by atoms with Crippen LogP contribution in [-0.2, 0) is 11.3 Å². The Bertz CT molecular complexity index is 467. The minimum Gasteiger partial charge on any atom is -0.453 e. The van der Waals surface area contributed by atoms with E-state index in [1.165, 1.54) is 26.4 Å². The van der Waals surface area contributed by atoms with Gasteiger partial charge in [-0.25, -0.2) is 9.78 Å². The Hall–Kier alpha value is -1.52. The van der Waals surface area contributed by atoms with Crippen LogP contribution >= 0.6 is 0 Å². The molecule has 0 spiro atoms. The lowest BCUT2D eigenvalue weighted by molar-refractivity contribution is 0.109. The summed E-state index contributed by atoms with van der Waals surface area (Å²) in [4.78, 5) is 18.0. The normalized spacial score (nSPS) is 23.4. The Kier molecular flexibility index (Phi) is 3.94. The van der Waals surface area contributed by atoms with E-state index in [0.29, 0.717) is 5.92 Å². The van der Waals surface area contributed by atoms with E-state index in [2.05, 4.69) is 15.7 Å². The highest BCUT2D eigenvalue weighted by molar-refractivity contribution is 5.67. The molecule has 1 aliphatic heterocycles. The minimum atomic E-state index is -0.216. The number of hydrogen-bond acceptors (Lipinski definition) is 3. The molecule has 1 amide bonds. The van der Waals surface area contributed by atoms with Gasteiger partial charge in [-0.05, 0) is 31.6 Å². The Morgan fingerprint density at radius 3 is 2.95 bits per heavy atom. The number of hydrogen-bond donors (Lipinski definition) is 0. The standard InChI is InChI=1S/C15H23N3O2/c1-20-15(19)18-8-3-6-13(11-18)14-16-7-9-17(14)10-12-4-2-5-12/h7,9,12-13H,2-6,8,10-11H2,1H3/t13-/m1/s1. The van der Waals surface area contributed by atoms with Gasteiger partial charge in [0.05, 0.1) is 7.11 Å². The van der Waals surface area contributed by atoms with Gasteiger partial charge >= 0.3 is 6.09 Å². The number of carbonyl (C=O) groups is 1. The number of piperidine rings is 1. The quantitative estimate of drug-likeness (QED) is 0.853. The van der Waals surface area contributed by atoms with Crippen molar-refractivity contribution in [2.45, 2.75) is 44.6 Å². The number of amides is 1. The summed E-state index contributed by atoms with van der Waals surface area (Å²) < 4.78 is 7.14. The van der Waals surface area contributed by atoms with E-state index in [9.17, 15) is 4.79 Å². The van der Waals surface area contributed by atoms with Crippen molar-refractivity contribution in [1.82, 2.24) is 14.5 Å². The number of carbonyl (C=O) groups excluding carboxylic acids is 1. The van der Waals surface area contributed by atoms with Crippen LogP contribution in [0.4, 0.5) is 4.79 Å². The molecule has 0 N–H and O–H groups in total. The number of methoxy groups -OCH3 is 1. The van der Waals surface area contributed by atoms with Crippen molar-refractivity contribution < 1.29 is 9.53 Å². The van der Waals surface area contributed by atoms with Crippen LogP contribution in [0.25, 0.3) is 0 Å². The summed E-state index contributed by atoms with van der Waals surface area (Å²) in [6.45, 7) is 2.62. The topological polar surface area (TPSA) is 47.4 Å². The van der Waals surface area contributed by atoms with Gasteiger partial charge in [-0.2, -0.15) is 0 Å². The van der Waals surface area contributed by atoms with Gasteiger partial charge in [0, 0.05) is 37.9 Å². The van der Waals surface area contributed by atoms with Crippen molar-refractivity contribution in [3.8, 4) is 0 Å². The Morgan fingerprint density at radius 2 is 2.25 bits per heavy atom. The molecular formula is C15H23N3O2. The third kappa shape index (κ3) is 2.67. The second kappa shape index (κ2) is 5.85. The highest BCUT2D eigenvalue weighted by atomic mass is 16.5. The zero-order chi connectivity index (χ0) is 13.9. The molecule has 0 radical (unpaired) electrons. The maximum atomic E-state index is 11.7. The first-order valence-corrected chi connectivity index (χ1v) is 7.62. The monoisotopic (exact) mass is 277 g/mol. The highest BCUT2D eigenvalue weighted by Crippen LogP contribution is 2.31.